The number of rotatable bonds is 3. The molecule has 1 aliphatic rings. The first-order chi connectivity index (χ1) is 8.64. The molecule has 0 atom stereocenters. The zero-order valence-corrected chi connectivity index (χ0v) is 11.3. The standard InChI is InChI=1S/C15H22N2O/c1-3-12-4-6-13(7-5-12)17-14(18)15(2)8-10-16-11-9-15/h4-7,16H,3,8-11H2,1-2H3,(H,17,18). The molecule has 18 heavy (non-hydrogen) atoms. The molecule has 2 N–H and O–H groups in total. The van der Waals surface area contributed by atoms with Gasteiger partial charge >= 0.3 is 0 Å². The molecule has 3 heteroatoms. The second-order valence-electron chi connectivity index (χ2n) is 5.32. The Hall–Kier alpha value is -1.35. The number of benzene rings is 1. The zero-order chi connectivity index (χ0) is 13.0. The lowest BCUT2D eigenvalue weighted by molar-refractivity contribution is -0.126. The normalized spacial score (nSPS) is 18.3. The number of hydrogen-bond acceptors (Lipinski definition) is 2. The van der Waals surface area contributed by atoms with E-state index in [0.717, 1.165) is 38.0 Å². The molecule has 0 unspecified atom stereocenters. The Bertz CT molecular complexity index is 405. The van der Waals surface area contributed by atoms with Crippen LogP contribution in [0.2, 0.25) is 0 Å². The Morgan fingerprint density at radius 2 is 1.89 bits per heavy atom. The fraction of sp³-hybridized carbons (Fsp3) is 0.533. The van der Waals surface area contributed by atoms with E-state index in [1.54, 1.807) is 0 Å². The molecule has 1 aromatic rings. The lowest BCUT2D eigenvalue weighted by Crippen LogP contribution is -2.42. The minimum atomic E-state index is -0.228. The van der Waals surface area contributed by atoms with Gasteiger partial charge < -0.3 is 10.6 Å². The van der Waals surface area contributed by atoms with Gasteiger partial charge in [0.2, 0.25) is 5.91 Å². The van der Waals surface area contributed by atoms with Crippen LogP contribution >= 0.6 is 0 Å². The molecule has 0 spiro atoms. The summed E-state index contributed by atoms with van der Waals surface area (Å²) < 4.78 is 0. The molecule has 0 bridgehead atoms. The molecule has 3 nitrogen and oxygen atoms in total. The van der Waals surface area contributed by atoms with Crippen LogP contribution < -0.4 is 10.6 Å². The third-order valence-electron chi connectivity index (χ3n) is 3.88. The average molecular weight is 246 g/mol. The number of piperidine rings is 1. The van der Waals surface area contributed by atoms with Crippen molar-refractivity contribution in [3.8, 4) is 0 Å². The van der Waals surface area contributed by atoms with Crippen molar-refractivity contribution in [2.24, 2.45) is 5.41 Å². The Labute approximate surface area is 109 Å². The quantitative estimate of drug-likeness (QED) is 0.860. The van der Waals surface area contributed by atoms with Crippen molar-refractivity contribution in [1.29, 1.82) is 0 Å². The van der Waals surface area contributed by atoms with Crippen molar-refractivity contribution < 1.29 is 4.79 Å². The summed E-state index contributed by atoms with van der Waals surface area (Å²) >= 11 is 0. The van der Waals surface area contributed by atoms with Crippen LogP contribution in [0.3, 0.4) is 0 Å². The zero-order valence-electron chi connectivity index (χ0n) is 11.3. The van der Waals surface area contributed by atoms with Gasteiger partial charge in [-0.1, -0.05) is 26.0 Å². The maximum atomic E-state index is 12.3. The van der Waals surface area contributed by atoms with Crippen LogP contribution in [-0.2, 0) is 11.2 Å². The third-order valence-corrected chi connectivity index (χ3v) is 3.88. The second kappa shape index (κ2) is 5.53. The summed E-state index contributed by atoms with van der Waals surface area (Å²) in [4.78, 5) is 12.3. The van der Waals surface area contributed by atoms with Crippen molar-refractivity contribution in [3.05, 3.63) is 29.8 Å². The summed E-state index contributed by atoms with van der Waals surface area (Å²) in [7, 11) is 0. The van der Waals surface area contributed by atoms with Gasteiger partial charge in [0.15, 0.2) is 0 Å². The van der Waals surface area contributed by atoms with Crippen LogP contribution in [0.1, 0.15) is 32.3 Å². The number of carbonyl (C=O) groups is 1. The van der Waals surface area contributed by atoms with Gasteiger partial charge in [0.1, 0.15) is 0 Å². The summed E-state index contributed by atoms with van der Waals surface area (Å²) in [5.74, 6) is 0.147. The maximum Gasteiger partial charge on any atom is 0.230 e. The Kier molecular flexibility index (Phi) is 4.02. The summed E-state index contributed by atoms with van der Waals surface area (Å²) in [5, 5.41) is 6.33. The number of aryl methyl sites for hydroxylation is 1. The van der Waals surface area contributed by atoms with Crippen molar-refractivity contribution in [2.45, 2.75) is 33.1 Å². The maximum absolute atomic E-state index is 12.3. The highest BCUT2D eigenvalue weighted by molar-refractivity contribution is 5.95. The molecule has 0 aliphatic carbocycles. The SMILES string of the molecule is CCc1ccc(NC(=O)C2(C)CCNCC2)cc1. The van der Waals surface area contributed by atoms with Gasteiger partial charge in [0.05, 0.1) is 0 Å². The predicted molar refractivity (Wildman–Crippen MR) is 74.7 cm³/mol. The van der Waals surface area contributed by atoms with E-state index < -0.39 is 0 Å². The number of anilines is 1. The monoisotopic (exact) mass is 246 g/mol. The lowest BCUT2D eigenvalue weighted by atomic mass is 9.80. The van der Waals surface area contributed by atoms with Gasteiger partial charge in [-0.3, -0.25) is 4.79 Å². The van der Waals surface area contributed by atoms with Gasteiger partial charge in [0.25, 0.3) is 0 Å². The molecular weight excluding hydrogens is 224 g/mol. The van der Waals surface area contributed by atoms with E-state index in [0.29, 0.717) is 0 Å². The van der Waals surface area contributed by atoms with E-state index in [1.165, 1.54) is 5.56 Å². The van der Waals surface area contributed by atoms with Gasteiger partial charge in [-0.15, -0.1) is 0 Å². The third kappa shape index (κ3) is 2.91. The highest BCUT2D eigenvalue weighted by Crippen LogP contribution is 2.29. The highest BCUT2D eigenvalue weighted by atomic mass is 16.2. The molecule has 2 rings (SSSR count). The predicted octanol–water partition coefficient (Wildman–Crippen LogP) is 2.58. The van der Waals surface area contributed by atoms with Crippen LogP contribution in [0, 0.1) is 5.41 Å². The van der Waals surface area contributed by atoms with Gasteiger partial charge in [-0.2, -0.15) is 0 Å². The van der Waals surface area contributed by atoms with E-state index in [2.05, 4.69) is 36.6 Å². The van der Waals surface area contributed by atoms with Crippen LogP contribution in [0.25, 0.3) is 0 Å². The molecule has 1 saturated heterocycles. The van der Waals surface area contributed by atoms with Crippen LogP contribution in [-0.4, -0.2) is 19.0 Å². The number of nitrogens with one attached hydrogen (secondary N) is 2. The van der Waals surface area contributed by atoms with Crippen molar-refractivity contribution in [1.82, 2.24) is 5.32 Å². The molecule has 1 aromatic carbocycles. The molecule has 1 amide bonds. The molecule has 1 fully saturated rings. The largest absolute Gasteiger partial charge is 0.326 e. The molecule has 0 radical (unpaired) electrons. The molecule has 98 valence electrons. The van der Waals surface area contributed by atoms with E-state index in [-0.39, 0.29) is 11.3 Å². The van der Waals surface area contributed by atoms with Gasteiger partial charge in [-0.05, 0) is 50.0 Å². The van der Waals surface area contributed by atoms with E-state index in [1.807, 2.05) is 12.1 Å². The first-order valence-electron chi connectivity index (χ1n) is 6.75. The van der Waals surface area contributed by atoms with Crippen molar-refractivity contribution in [2.75, 3.05) is 18.4 Å². The number of hydrogen-bond donors (Lipinski definition) is 2. The summed E-state index contributed by atoms with van der Waals surface area (Å²) in [5.41, 5.74) is 1.97. The number of amides is 1. The minimum Gasteiger partial charge on any atom is -0.326 e. The first-order valence-corrected chi connectivity index (χ1v) is 6.75. The smallest absolute Gasteiger partial charge is 0.230 e. The van der Waals surface area contributed by atoms with Crippen molar-refractivity contribution >= 4 is 11.6 Å². The Balaban J connectivity index is 2.01. The molecule has 0 aromatic heterocycles. The number of carbonyl (C=O) groups excluding carboxylic acids is 1. The summed E-state index contributed by atoms with van der Waals surface area (Å²) in [6.07, 6.45) is 2.84. The fourth-order valence-corrected chi connectivity index (χ4v) is 2.31. The molecular formula is C15H22N2O. The van der Waals surface area contributed by atoms with E-state index in [4.69, 9.17) is 0 Å². The lowest BCUT2D eigenvalue weighted by Gasteiger charge is -2.32. The molecule has 1 aliphatic heterocycles. The van der Waals surface area contributed by atoms with Gasteiger partial charge in [0, 0.05) is 11.1 Å². The Morgan fingerprint density at radius 3 is 2.44 bits per heavy atom. The van der Waals surface area contributed by atoms with Crippen molar-refractivity contribution in [3.63, 3.8) is 0 Å². The first kappa shape index (κ1) is 13.1. The Morgan fingerprint density at radius 1 is 1.28 bits per heavy atom. The fourth-order valence-electron chi connectivity index (χ4n) is 2.31. The molecule has 1 heterocycles. The van der Waals surface area contributed by atoms with E-state index in [9.17, 15) is 4.79 Å². The summed E-state index contributed by atoms with van der Waals surface area (Å²) in [6.45, 7) is 6.05. The highest BCUT2D eigenvalue weighted by Gasteiger charge is 2.34. The van der Waals surface area contributed by atoms with Crippen LogP contribution in [0.15, 0.2) is 24.3 Å². The minimum absolute atomic E-state index is 0.147. The van der Waals surface area contributed by atoms with Crippen LogP contribution in [0.5, 0.6) is 0 Å². The average Bonchev–Trinajstić information content (AvgIpc) is 2.40. The van der Waals surface area contributed by atoms with E-state index >= 15 is 0 Å². The van der Waals surface area contributed by atoms with Gasteiger partial charge in [-0.25, -0.2) is 0 Å². The topological polar surface area (TPSA) is 41.1 Å². The van der Waals surface area contributed by atoms with Crippen LogP contribution in [0.4, 0.5) is 5.69 Å². The summed E-state index contributed by atoms with van der Waals surface area (Å²) in [6, 6.07) is 8.11. The molecule has 0 saturated carbocycles. The second-order valence-corrected chi connectivity index (χ2v) is 5.32.